The summed E-state index contributed by atoms with van der Waals surface area (Å²) in [5.41, 5.74) is 0.887. The number of hydrogen-bond donors (Lipinski definition) is 0. The molecule has 3 aromatic rings. The lowest BCUT2D eigenvalue weighted by Crippen LogP contribution is -2.41. The van der Waals surface area contributed by atoms with Crippen LogP contribution in [0.5, 0.6) is 0 Å². The summed E-state index contributed by atoms with van der Waals surface area (Å²) in [6.07, 6.45) is 0. The molecule has 32 heavy (non-hydrogen) atoms. The highest BCUT2D eigenvalue weighted by molar-refractivity contribution is 7.89. The Morgan fingerprint density at radius 1 is 0.875 bits per heavy atom. The third-order valence-electron chi connectivity index (χ3n) is 4.86. The van der Waals surface area contributed by atoms with Gasteiger partial charge in [-0.3, -0.25) is 4.79 Å². The zero-order valence-corrected chi connectivity index (χ0v) is 19.5. The number of carbonyl (C=O) groups excluding carboxylic acids is 1. The van der Waals surface area contributed by atoms with Gasteiger partial charge >= 0.3 is 0 Å². The van der Waals surface area contributed by atoms with Crippen molar-refractivity contribution in [2.24, 2.45) is 0 Å². The summed E-state index contributed by atoms with van der Waals surface area (Å²) in [6, 6.07) is 18.6. The van der Waals surface area contributed by atoms with Gasteiger partial charge in [0.15, 0.2) is 0 Å². The van der Waals surface area contributed by atoms with E-state index in [0.29, 0.717) is 21.2 Å². The third-order valence-corrected chi connectivity index (χ3v) is 7.29. The van der Waals surface area contributed by atoms with Gasteiger partial charge < -0.3 is 4.90 Å². The maximum Gasteiger partial charge on any atom is 0.243 e. The topological polar surface area (TPSA) is 57.7 Å². The second-order valence-electron chi connectivity index (χ2n) is 7.16. The van der Waals surface area contributed by atoms with Gasteiger partial charge in [0.2, 0.25) is 15.9 Å². The number of carbonyl (C=O) groups is 1. The Bertz CT molecular complexity index is 1200. The highest BCUT2D eigenvalue weighted by Crippen LogP contribution is 2.24. The minimum absolute atomic E-state index is 0.00138. The van der Waals surface area contributed by atoms with Crippen molar-refractivity contribution < 1.29 is 17.6 Å². The zero-order chi connectivity index (χ0) is 23.3. The molecule has 0 unspecified atom stereocenters. The molecule has 9 heteroatoms. The van der Waals surface area contributed by atoms with E-state index in [1.54, 1.807) is 42.5 Å². The number of hydrogen-bond acceptors (Lipinski definition) is 3. The minimum Gasteiger partial charge on any atom is -0.340 e. The molecule has 0 spiro atoms. The summed E-state index contributed by atoms with van der Waals surface area (Å²) in [6.45, 7) is -0.544. The lowest BCUT2D eigenvalue weighted by molar-refractivity contribution is -0.130. The molecular formula is C23H21Cl2FN2O3S. The summed E-state index contributed by atoms with van der Waals surface area (Å²) in [7, 11) is -2.55. The number of sulfonamides is 1. The molecule has 0 aliphatic heterocycles. The molecule has 0 heterocycles. The lowest BCUT2D eigenvalue weighted by atomic mass is 10.2. The second kappa shape index (κ2) is 10.4. The molecule has 0 bridgehead atoms. The van der Waals surface area contributed by atoms with E-state index >= 15 is 0 Å². The van der Waals surface area contributed by atoms with Crippen LogP contribution in [0.2, 0.25) is 10.0 Å². The van der Waals surface area contributed by atoms with E-state index in [0.717, 1.165) is 4.31 Å². The summed E-state index contributed by atoms with van der Waals surface area (Å²) < 4.78 is 41.7. The molecule has 0 saturated heterocycles. The molecule has 168 valence electrons. The van der Waals surface area contributed by atoms with Crippen molar-refractivity contribution in [1.29, 1.82) is 0 Å². The first kappa shape index (κ1) is 24.2. The van der Waals surface area contributed by atoms with Crippen molar-refractivity contribution in [3.05, 3.63) is 99.8 Å². The van der Waals surface area contributed by atoms with Crippen LogP contribution in [0.25, 0.3) is 0 Å². The van der Waals surface area contributed by atoms with Crippen LogP contribution in [-0.2, 0) is 27.9 Å². The number of amides is 1. The van der Waals surface area contributed by atoms with Gasteiger partial charge in [0, 0.05) is 35.7 Å². The molecular weight excluding hydrogens is 474 g/mol. The van der Waals surface area contributed by atoms with Crippen LogP contribution in [0.3, 0.4) is 0 Å². The monoisotopic (exact) mass is 494 g/mol. The number of likely N-dealkylation sites (N-methyl/N-ethyl adjacent to an activating group) is 1. The Hall–Kier alpha value is -2.45. The van der Waals surface area contributed by atoms with Crippen molar-refractivity contribution in [3.8, 4) is 0 Å². The summed E-state index contributed by atoms with van der Waals surface area (Å²) in [5.74, 6) is -0.924. The quantitative estimate of drug-likeness (QED) is 0.443. The highest BCUT2D eigenvalue weighted by atomic mass is 35.5. The van der Waals surface area contributed by atoms with E-state index in [1.165, 1.54) is 42.3 Å². The first-order valence-electron chi connectivity index (χ1n) is 9.65. The van der Waals surface area contributed by atoms with Crippen LogP contribution >= 0.6 is 23.2 Å². The fourth-order valence-electron chi connectivity index (χ4n) is 3.04. The molecule has 1 amide bonds. The molecule has 0 aliphatic carbocycles. The largest absolute Gasteiger partial charge is 0.340 e. The van der Waals surface area contributed by atoms with Crippen molar-refractivity contribution in [3.63, 3.8) is 0 Å². The highest BCUT2D eigenvalue weighted by Gasteiger charge is 2.28. The molecule has 0 saturated carbocycles. The van der Waals surface area contributed by atoms with Crippen LogP contribution < -0.4 is 0 Å². The van der Waals surface area contributed by atoms with Gasteiger partial charge in [0.1, 0.15) is 5.82 Å². The van der Waals surface area contributed by atoms with Crippen molar-refractivity contribution in [2.45, 2.75) is 18.0 Å². The van der Waals surface area contributed by atoms with E-state index in [9.17, 15) is 17.6 Å². The first-order chi connectivity index (χ1) is 15.2. The van der Waals surface area contributed by atoms with Crippen molar-refractivity contribution in [1.82, 2.24) is 9.21 Å². The van der Waals surface area contributed by atoms with Gasteiger partial charge in [0.25, 0.3) is 0 Å². The maximum atomic E-state index is 14.0. The lowest BCUT2D eigenvalue weighted by Gasteiger charge is -2.25. The number of nitrogens with zero attached hydrogens (tertiary/aromatic N) is 2. The smallest absolute Gasteiger partial charge is 0.243 e. The molecule has 0 radical (unpaired) electrons. The number of halogens is 3. The molecule has 0 aliphatic rings. The zero-order valence-electron chi connectivity index (χ0n) is 17.2. The first-order valence-corrected chi connectivity index (χ1v) is 11.8. The number of rotatable bonds is 8. The van der Waals surface area contributed by atoms with Crippen molar-refractivity contribution in [2.75, 3.05) is 13.6 Å². The van der Waals surface area contributed by atoms with E-state index in [-0.39, 0.29) is 18.0 Å². The second-order valence-corrected chi connectivity index (χ2v) is 9.94. The van der Waals surface area contributed by atoms with Gasteiger partial charge in [-0.25, -0.2) is 12.8 Å². The summed E-state index contributed by atoms with van der Waals surface area (Å²) in [5, 5.41) is 0.776. The van der Waals surface area contributed by atoms with Crippen LogP contribution in [0, 0.1) is 5.82 Å². The Labute approximate surface area is 197 Å². The molecule has 0 atom stereocenters. The van der Waals surface area contributed by atoms with Gasteiger partial charge in [0.05, 0.1) is 11.4 Å². The Morgan fingerprint density at radius 3 is 2.09 bits per heavy atom. The van der Waals surface area contributed by atoms with Crippen LogP contribution in [-0.4, -0.2) is 37.1 Å². The average Bonchev–Trinajstić information content (AvgIpc) is 2.76. The molecule has 5 nitrogen and oxygen atoms in total. The predicted octanol–water partition coefficient (Wildman–Crippen LogP) is 4.98. The summed E-state index contributed by atoms with van der Waals surface area (Å²) >= 11 is 12.1. The normalized spacial score (nSPS) is 11.5. The molecule has 0 N–H and O–H groups in total. The molecule has 3 aromatic carbocycles. The third kappa shape index (κ3) is 5.86. The van der Waals surface area contributed by atoms with Gasteiger partial charge in [-0.1, -0.05) is 59.6 Å². The van der Waals surface area contributed by atoms with Crippen LogP contribution in [0.1, 0.15) is 11.1 Å². The van der Waals surface area contributed by atoms with Gasteiger partial charge in [-0.2, -0.15) is 4.31 Å². The standard InChI is InChI=1S/C23H21Cl2FN2O3S/c1-27(14-18-7-3-5-9-22(18)26)23(29)16-28(15-17-6-2-4-8-21(17)25)32(30,31)20-12-10-19(24)11-13-20/h2-13H,14-16H2,1H3. The number of benzene rings is 3. The Balaban J connectivity index is 1.88. The SMILES string of the molecule is CN(Cc1ccccc1F)C(=O)CN(Cc1ccccc1Cl)S(=O)(=O)c1ccc(Cl)cc1. The van der Waals surface area contributed by atoms with Crippen LogP contribution in [0.4, 0.5) is 4.39 Å². The molecule has 3 rings (SSSR count). The average molecular weight is 495 g/mol. The van der Waals surface area contributed by atoms with E-state index in [4.69, 9.17) is 23.2 Å². The minimum atomic E-state index is -4.05. The van der Waals surface area contributed by atoms with E-state index in [1.807, 2.05) is 0 Å². The predicted molar refractivity (Wildman–Crippen MR) is 123 cm³/mol. The van der Waals surface area contributed by atoms with E-state index in [2.05, 4.69) is 0 Å². The summed E-state index contributed by atoms with van der Waals surface area (Å²) in [4.78, 5) is 14.2. The Morgan fingerprint density at radius 2 is 1.47 bits per heavy atom. The fraction of sp³-hybridized carbons (Fsp3) is 0.174. The molecule has 0 fully saturated rings. The van der Waals surface area contributed by atoms with Gasteiger partial charge in [-0.05, 0) is 42.0 Å². The maximum absolute atomic E-state index is 14.0. The van der Waals surface area contributed by atoms with Crippen molar-refractivity contribution >= 4 is 39.1 Å². The van der Waals surface area contributed by atoms with E-state index < -0.39 is 28.3 Å². The molecule has 0 aromatic heterocycles. The van der Waals surface area contributed by atoms with Crippen LogP contribution in [0.15, 0.2) is 77.7 Å². The fourth-order valence-corrected chi connectivity index (χ4v) is 4.73. The Kier molecular flexibility index (Phi) is 7.90. The van der Waals surface area contributed by atoms with Gasteiger partial charge in [-0.15, -0.1) is 0 Å².